The highest BCUT2D eigenvalue weighted by atomic mass is 32.2. The maximum absolute atomic E-state index is 10.4. The number of rotatable bonds is 4. The van der Waals surface area contributed by atoms with Crippen LogP contribution in [0.2, 0.25) is 0 Å². The third-order valence-electron chi connectivity index (χ3n) is 1.75. The monoisotopic (exact) mass is 198 g/mol. The fraction of sp³-hybridized carbons (Fsp3) is 0.222. The Kier molecular flexibility index (Phi) is 3.92. The van der Waals surface area contributed by atoms with E-state index in [9.17, 15) is 8.42 Å². The molecule has 1 radical (unpaired) electrons. The van der Waals surface area contributed by atoms with Gasteiger partial charge in [0.1, 0.15) is 0 Å². The molecule has 0 bridgehead atoms. The Morgan fingerprint density at radius 3 is 2.38 bits per heavy atom. The van der Waals surface area contributed by atoms with Crippen LogP contribution in [0.4, 0.5) is 0 Å². The fourth-order valence-electron chi connectivity index (χ4n) is 1.12. The van der Waals surface area contributed by atoms with Crippen molar-refractivity contribution in [1.82, 2.24) is 4.72 Å². The van der Waals surface area contributed by atoms with Crippen molar-refractivity contribution in [3.63, 3.8) is 0 Å². The molecule has 0 fully saturated rings. The van der Waals surface area contributed by atoms with Crippen molar-refractivity contribution < 1.29 is 8.42 Å². The molecule has 0 aliphatic heterocycles. The molecule has 1 atom stereocenters. The average Bonchev–Trinajstić information content (AvgIpc) is 2.15. The largest absolute Gasteiger partial charge is 0.215 e. The van der Waals surface area contributed by atoms with Crippen molar-refractivity contribution in [2.75, 3.05) is 0 Å². The third-order valence-corrected chi connectivity index (χ3v) is 2.27. The van der Waals surface area contributed by atoms with Gasteiger partial charge >= 0.3 is 0 Å². The highest BCUT2D eigenvalue weighted by Gasteiger charge is 2.07. The first kappa shape index (κ1) is 10.2. The lowest BCUT2D eigenvalue weighted by molar-refractivity contribution is 0.576. The summed E-state index contributed by atoms with van der Waals surface area (Å²) in [6.07, 6.45) is 0.507. The molecule has 71 valence electrons. The second-order valence-electron chi connectivity index (χ2n) is 2.64. The molecule has 1 unspecified atom stereocenters. The van der Waals surface area contributed by atoms with Crippen molar-refractivity contribution in [2.45, 2.75) is 12.5 Å². The molecular weight excluding hydrogens is 186 g/mol. The van der Waals surface area contributed by atoms with Crippen LogP contribution >= 0.6 is 0 Å². The van der Waals surface area contributed by atoms with Gasteiger partial charge in [0.05, 0.1) is 0 Å². The SMILES string of the molecule is [CH2]CC(N[SH](=O)=O)c1ccccc1. The van der Waals surface area contributed by atoms with Crippen molar-refractivity contribution >= 4 is 10.9 Å². The van der Waals surface area contributed by atoms with Gasteiger partial charge in [-0.1, -0.05) is 37.3 Å². The van der Waals surface area contributed by atoms with E-state index in [1.807, 2.05) is 30.3 Å². The van der Waals surface area contributed by atoms with Crippen molar-refractivity contribution in [3.05, 3.63) is 42.8 Å². The molecule has 0 spiro atoms. The molecule has 0 amide bonds. The number of benzene rings is 1. The van der Waals surface area contributed by atoms with Gasteiger partial charge in [0.15, 0.2) is 0 Å². The molecule has 4 heteroatoms. The van der Waals surface area contributed by atoms with E-state index in [0.29, 0.717) is 6.42 Å². The molecule has 0 heterocycles. The maximum Gasteiger partial charge on any atom is 0.201 e. The molecule has 0 aromatic heterocycles. The van der Waals surface area contributed by atoms with Crippen LogP contribution in [0.3, 0.4) is 0 Å². The lowest BCUT2D eigenvalue weighted by Gasteiger charge is -2.12. The van der Waals surface area contributed by atoms with Crippen LogP contribution in [0.1, 0.15) is 18.0 Å². The Balaban J connectivity index is 2.78. The van der Waals surface area contributed by atoms with Gasteiger partial charge in [0, 0.05) is 6.04 Å². The maximum atomic E-state index is 10.4. The summed E-state index contributed by atoms with van der Waals surface area (Å²) in [5, 5.41) is 0. The van der Waals surface area contributed by atoms with Gasteiger partial charge < -0.3 is 0 Å². The Labute approximate surface area is 79.9 Å². The Morgan fingerprint density at radius 1 is 1.31 bits per heavy atom. The first-order valence-electron chi connectivity index (χ1n) is 3.99. The number of thiol groups is 1. The van der Waals surface area contributed by atoms with Crippen LogP contribution in [0.5, 0.6) is 0 Å². The molecule has 0 aliphatic carbocycles. The molecular formula is C9H12NO2S. The van der Waals surface area contributed by atoms with Crippen molar-refractivity contribution in [2.24, 2.45) is 0 Å². The zero-order valence-electron chi connectivity index (χ0n) is 7.14. The molecule has 3 nitrogen and oxygen atoms in total. The van der Waals surface area contributed by atoms with Gasteiger partial charge in [0.25, 0.3) is 0 Å². The number of nitrogens with one attached hydrogen (secondary N) is 1. The van der Waals surface area contributed by atoms with Crippen LogP contribution in [0.15, 0.2) is 30.3 Å². The van der Waals surface area contributed by atoms with Crippen LogP contribution in [-0.2, 0) is 10.9 Å². The second kappa shape index (κ2) is 4.99. The van der Waals surface area contributed by atoms with Gasteiger partial charge in [-0.25, -0.2) is 13.1 Å². The van der Waals surface area contributed by atoms with Crippen LogP contribution in [-0.4, -0.2) is 8.42 Å². The third kappa shape index (κ3) is 3.16. The van der Waals surface area contributed by atoms with E-state index < -0.39 is 10.9 Å². The van der Waals surface area contributed by atoms with Crippen molar-refractivity contribution in [1.29, 1.82) is 0 Å². The number of hydrogen-bond donors (Lipinski definition) is 2. The quantitative estimate of drug-likeness (QED) is 0.711. The molecule has 0 saturated heterocycles. The lowest BCUT2D eigenvalue weighted by Crippen LogP contribution is -2.18. The first-order valence-corrected chi connectivity index (χ1v) is 5.16. The van der Waals surface area contributed by atoms with Gasteiger partial charge in [-0.2, -0.15) is 0 Å². The van der Waals surface area contributed by atoms with E-state index in [4.69, 9.17) is 0 Å². The van der Waals surface area contributed by atoms with E-state index >= 15 is 0 Å². The molecule has 1 rings (SSSR count). The summed E-state index contributed by atoms with van der Waals surface area (Å²) in [5.74, 6) is 0. The molecule has 1 aromatic rings. The van der Waals surface area contributed by atoms with Gasteiger partial charge in [-0.15, -0.1) is 0 Å². The van der Waals surface area contributed by atoms with E-state index in [-0.39, 0.29) is 6.04 Å². The van der Waals surface area contributed by atoms with Crippen LogP contribution in [0.25, 0.3) is 0 Å². The summed E-state index contributed by atoms with van der Waals surface area (Å²) in [4.78, 5) is 0. The molecule has 0 saturated carbocycles. The summed E-state index contributed by atoms with van der Waals surface area (Å²) < 4.78 is 23.3. The predicted octanol–water partition coefficient (Wildman–Crippen LogP) is 1.07. The van der Waals surface area contributed by atoms with E-state index in [2.05, 4.69) is 11.6 Å². The first-order chi connectivity index (χ1) is 6.24. The predicted molar refractivity (Wildman–Crippen MR) is 52.6 cm³/mol. The van der Waals surface area contributed by atoms with Crippen LogP contribution in [0, 0.1) is 6.92 Å². The zero-order valence-corrected chi connectivity index (χ0v) is 8.04. The molecule has 0 aliphatic rings. The topological polar surface area (TPSA) is 46.2 Å². The van der Waals surface area contributed by atoms with E-state index in [1.54, 1.807) is 0 Å². The highest BCUT2D eigenvalue weighted by molar-refractivity contribution is 7.70. The smallest absolute Gasteiger partial charge is 0.201 e. The lowest BCUT2D eigenvalue weighted by atomic mass is 10.1. The standard InChI is InChI=1S/C9H12NO2S/c1-2-9(10-13(11)12)8-6-4-3-5-7-8/h3-7,9,13H,1-2H2,(H,10,11,12). The summed E-state index contributed by atoms with van der Waals surface area (Å²) >= 11 is 0. The minimum atomic E-state index is -2.56. The van der Waals surface area contributed by atoms with Gasteiger partial charge in [0.2, 0.25) is 10.9 Å². The normalized spacial score (nSPS) is 13.1. The minimum absolute atomic E-state index is 0.206. The Morgan fingerprint density at radius 2 is 1.92 bits per heavy atom. The summed E-state index contributed by atoms with van der Waals surface area (Å²) in [6, 6.07) is 9.18. The van der Waals surface area contributed by atoms with Gasteiger partial charge in [-0.05, 0) is 12.0 Å². The van der Waals surface area contributed by atoms with Gasteiger partial charge in [-0.3, -0.25) is 0 Å². The summed E-state index contributed by atoms with van der Waals surface area (Å²) in [6.45, 7) is 3.69. The average molecular weight is 198 g/mol. The fourth-order valence-corrected chi connectivity index (χ4v) is 1.65. The molecule has 1 N–H and O–H groups in total. The summed E-state index contributed by atoms with van der Waals surface area (Å²) in [7, 11) is -2.56. The Bertz CT molecular complexity index is 314. The van der Waals surface area contributed by atoms with E-state index in [0.717, 1.165) is 5.56 Å². The van der Waals surface area contributed by atoms with Crippen LogP contribution < -0.4 is 4.72 Å². The summed E-state index contributed by atoms with van der Waals surface area (Å²) in [5.41, 5.74) is 0.941. The minimum Gasteiger partial charge on any atom is -0.215 e. The molecule has 13 heavy (non-hydrogen) atoms. The Hall–Kier alpha value is -0.870. The van der Waals surface area contributed by atoms with E-state index in [1.165, 1.54) is 0 Å². The number of hydrogen-bond acceptors (Lipinski definition) is 2. The zero-order chi connectivity index (χ0) is 9.68. The highest BCUT2D eigenvalue weighted by Crippen LogP contribution is 2.14. The molecule has 1 aromatic carbocycles. The second-order valence-corrected chi connectivity index (χ2v) is 3.41. The van der Waals surface area contributed by atoms with Crippen molar-refractivity contribution in [3.8, 4) is 0 Å².